The number of carbonyl (C=O) groups excluding carboxylic acids is 1. The van der Waals surface area contributed by atoms with Crippen molar-refractivity contribution >= 4 is 11.6 Å². The number of anilines is 1. The largest absolute Gasteiger partial charge is 0.396 e. The zero-order chi connectivity index (χ0) is 10.9. The Bertz CT molecular complexity index is 343. The summed E-state index contributed by atoms with van der Waals surface area (Å²) in [6.45, 7) is 6.17. The summed E-state index contributed by atoms with van der Waals surface area (Å²) in [5.41, 5.74) is 11.2. The van der Waals surface area contributed by atoms with E-state index < -0.39 is 5.91 Å². The van der Waals surface area contributed by atoms with Crippen molar-refractivity contribution in [3.63, 3.8) is 0 Å². The van der Waals surface area contributed by atoms with Gasteiger partial charge in [0.15, 0.2) is 5.69 Å². The highest BCUT2D eigenvalue weighted by atomic mass is 16.1. The second kappa shape index (κ2) is 3.69. The Balaban J connectivity index is 3.02. The lowest BCUT2D eigenvalue weighted by Gasteiger charge is -2.15. The van der Waals surface area contributed by atoms with Crippen molar-refractivity contribution in [2.24, 2.45) is 11.7 Å². The van der Waals surface area contributed by atoms with Crippen LogP contribution in [0, 0.1) is 5.92 Å². The number of primary amides is 1. The average Bonchev–Trinajstić information content (AvgIpc) is 2.45. The number of nitrogens with zero attached hydrogens (tertiary/aromatic N) is 2. The third-order valence-electron chi connectivity index (χ3n) is 2.38. The van der Waals surface area contributed by atoms with E-state index >= 15 is 0 Å². The second-order valence-corrected chi connectivity index (χ2v) is 3.76. The molecule has 0 radical (unpaired) electrons. The summed E-state index contributed by atoms with van der Waals surface area (Å²) < 4.78 is 1.68. The lowest BCUT2D eigenvalue weighted by molar-refractivity contribution is 0.0995. The minimum atomic E-state index is -0.586. The van der Waals surface area contributed by atoms with E-state index in [0.717, 1.165) is 0 Å². The van der Waals surface area contributed by atoms with E-state index in [2.05, 4.69) is 18.9 Å². The van der Waals surface area contributed by atoms with Gasteiger partial charge in [-0.15, -0.1) is 0 Å². The van der Waals surface area contributed by atoms with Crippen molar-refractivity contribution in [3.8, 4) is 0 Å². The minimum Gasteiger partial charge on any atom is -0.396 e. The van der Waals surface area contributed by atoms with Crippen LogP contribution in [0.4, 0.5) is 5.69 Å². The van der Waals surface area contributed by atoms with E-state index in [4.69, 9.17) is 11.5 Å². The maximum Gasteiger partial charge on any atom is 0.271 e. The van der Waals surface area contributed by atoms with Crippen molar-refractivity contribution in [3.05, 3.63) is 11.9 Å². The normalized spacial score (nSPS) is 13.1. The first-order chi connectivity index (χ1) is 6.43. The van der Waals surface area contributed by atoms with Crippen molar-refractivity contribution in [2.45, 2.75) is 26.8 Å². The molecule has 0 aliphatic rings. The Labute approximate surface area is 83.1 Å². The fourth-order valence-electron chi connectivity index (χ4n) is 1.11. The van der Waals surface area contributed by atoms with Gasteiger partial charge in [0.25, 0.3) is 5.91 Å². The van der Waals surface area contributed by atoms with Crippen LogP contribution < -0.4 is 11.5 Å². The van der Waals surface area contributed by atoms with Crippen molar-refractivity contribution in [2.75, 3.05) is 5.73 Å². The Hall–Kier alpha value is -1.52. The molecule has 1 heterocycles. The van der Waals surface area contributed by atoms with Gasteiger partial charge in [-0.2, -0.15) is 5.10 Å². The molecule has 0 saturated carbocycles. The molecule has 0 spiro atoms. The zero-order valence-corrected chi connectivity index (χ0v) is 8.69. The fraction of sp³-hybridized carbons (Fsp3) is 0.556. The predicted molar refractivity (Wildman–Crippen MR) is 54.7 cm³/mol. The maximum atomic E-state index is 10.9. The van der Waals surface area contributed by atoms with Gasteiger partial charge in [0, 0.05) is 6.20 Å². The number of aromatic nitrogens is 2. The van der Waals surface area contributed by atoms with E-state index in [1.54, 1.807) is 10.9 Å². The smallest absolute Gasteiger partial charge is 0.271 e. The van der Waals surface area contributed by atoms with Gasteiger partial charge >= 0.3 is 0 Å². The topological polar surface area (TPSA) is 86.9 Å². The highest BCUT2D eigenvalue weighted by Gasteiger charge is 2.16. The zero-order valence-electron chi connectivity index (χ0n) is 8.69. The number of nitrogen functional groups attached to an aromatic ring is 1. The van der Waals surface area contributed by atoms with Gasteiger partial charge in [-0.3, -0.25) is 9.48 Å². The Morgan fingerprint density at radius 2 is 2.07 bits per heavy atom. The molecule has 0 saturated heterocycles. The molecule has 5 nitrogen and oxygen atoms in total. The van der Waals surface area contributed by atoms with E-state index in [1.165, 1.54) is 0 Å². The number of rotatable bonds is 3. The van der Waals surface area contributed by atoms with E-state index in [1.807, 2.05) is 6.92 Å². The first kappa shape index (κ1) is 10.6. The standard InChI is InChI=1S/C9H16N4O/c1-5(2)6(3)13-4-7(10)8(12-13)9(11)14/h4-6H,10H2,1-3H3,(H2,11,14). The molecular weight excluding hydrogens is 180 g/mol. The van der Waals surface area contributed by atoms with Gasteiger partial charge < -0.3 is 11.5 Å². The van der Waals surface area contributed by atoms with Gasteiger partial charge in [-0.25, -0.2) is 0 Å². The van der Waals surface area contributed by atoms with Crippen LogP contribution in [0.5, 0.6) is 0 Å². The molecule has 0 aliphatic heterocycles. The van der Waals surface area contributed by atoms with Crippen LogP contribution in [0.3, 0.4) is 0 Å². The first-order valence-electron chi connectivity index (χ1n) is 4.58. The number of hydrogen-bond donors (Lipinski definition) is 2. The molecule has 4 N–H and O–H groups in total. The molecule has 1 rings (SSSR count). The van der Waals surface area contributed by atoms with Gasteiger partial charge in [0.05, 0.1) is 11.7 Å². The molecule has 1 aromatic rings. The maximum absolute atomic E-state index is 10.9. The van der Waals surface area contributed by atoms with Crippen LogP contribution >= 0.6 is 0 Å². The molecule has 1 atom stereocenters. The number of amides is 1. The molecule has 14 heavy (non-hydrogen) atoms. The summed E-state index contributed by atoms with van der Waals surface area (Å²) in [5, 5.41) is 4.05. The summed E-state index contributed by atoms with van der Waals surface area (Å²) in [5.74, 6) is -0.160. The lowest BCUT2D eigenvalue weighted by Crippen LogP contribution is -2.16. The molecule has 0 aromatic carbocycles. The second-order valence-electron chi connectivity index (χ2n) is 3.76. The first-order valence-corrected chi connectivity index (χ1v) is 4.58. The Morgan fingerprint density at radius 3 is 2.43 bits per heavy atom. The van der Waals surface area contributed by atoms with Crippen molar-refractivity contribution in [1.82, 2.24) is 9.78 Å². The monoisotopic (exact) mass is 196 g/mol. The van der Waals surface area contributed by atoms with Gasteiger partial charge in [0.1, 0.15) is 0 Å². The van der Waals surface area contributed by atoms with Crippen molar-refractivity contribution in [1.29, 1.82) is 0 Å². The van der Waals surface area contributed by atoms with Crippen LogP contribution in [-0.4, -0.2) is 15.7 Å². The van der Waals surface area contributed by atoms with Gasteiger partial charge in [-0.1, -0.05) is 13.8 Å². The summed E-state index contributed by atoms with van der Waals surface area (Å²) >= 11 is 0. The van der Waals surface area contributed by atoms with Crippen molar-refractivity contribution < 1.29 is 4.79 Å². The number of carbonyl (C=O) groups is 1. The highest BCUT2D eigenvalue weighted by molar-refractivity contribution is 5.95. The van der Waals surface area contributed by atoms with Crippen LogP contribution in [0.25, 0.3) is 0 Å². The highest BCUT2D eigenvalue weighted by Crippen LogP contribution is 2.18. The van der Waals surface area contributed by atoms with E-state index in [0.29, 0.717) is 11.6 Å². The van der Waals surface area contributed by atoms with Crippen LogP contribution in [-0.2, 0) is 0 Å². The molecule has 1 unspecified atom stereocenters. The average molecular weight is 196 g/mol. The molecule has 78 valence electrons. The Morgan fingerprint density at radius 1 is 1.50 bits per heavy atom. The molecule has 0 fully saturated rings. The van der Waals surface area contributed by atoms with Gasteiger partial charge in [-0.05, 0) is 12.8 Å². The van der Waals surface area contributed by atoms with Crippen LogP contribution in [0.2, 0.25) is 0 Å². The third-order valence-corrected chi connectivity index (χ3v) is 2.38. The summed E-state index contributed by atoms with van der Waals surface area (Å²) in [6.07, 6.45) is 1.64. The molecule has 0 bridgehead atoms. The summed E-state index contributed by atoms with van der Waals surface area (Å²) in [4.78, 5) is 10.9. The van der Waals surface area contributed by atoms with E-state index in [9.17, 15) is 4.79 Å². The molecule has 0 aliphatic carbocycles. The lowest BCUT2D eigenvalue weighted by atomic mass is 10.1. The number of hydrogen-bond acceptors (Lipinski definition) is 3. The van der Waals surface area contributed by atoms with E-state index in [-0.39, 0.29) is 11.7 Å². The summed E-state index contributed by atoms with van der Waals surface area (Å²) in [7, 11) is 0. The minimum absolute atomic E-state index is 0.150. The van der Waals surface area contributed by atoms with Gasteiger partial charge in [0.2, 0.25) is 0 Å². The van der Waals surface area contributed by atoms with Crippen LogP contribution in [0.15, 0.2) is 6.20 Å². The molecular formula is C9H16N4O. The molecule has 1 aromatic heterocycles. The molecule has 1 amide bonds. The quantitative estimate of drug-likeness (QED) is 0.748. The summed E-state index contributed by atoms with van der Waals surface area (Å²) in [6, 6.07) is 0.199. The number of nitrogens with two attached hydrogens (primary N) is 2. The predicted octanol–water partition coefficient (Wildman–Crippen LogP) is 0.781. The molecule has 5 heteroatoms. The Kier molecular flexibility index (Phi) is 2.78. The SMILES string of the molecule is CC(C)C(C)n1cc(N)c(C(N)=O)n1. The van der Waals surface area contributed by atoms with Crippen LogP contribution in [0.1, 0.15) is 37.3 Å². The fourth-order valence-corrected chi connectivity index (χ4v) is 1.11. The third kappa shape index (κ3) is 1.86.